The Morgan fingerprint density at radius 3 is 2.05 bits per heavy atom. The van der Waals surface area contributed by atoms with Crippen LogP contribution in [0.1, 0.15) is 32.6 Å². The van der Waals surface area contributed by atoms with E-state index in [-0.39, 0.29) is 0 Å². The van der Waals surface area contributed by atoms with Gasteiger partial charge in [0.25, 0.3) is 0 Å². The van der Waals surface area contributed by atoms with E-state index < -0.39 is 0 Å². The van der Waals surface area contributed by atoms with Crippen LogP contribution in [0.15, 0.2) is 24.3 Å². The molecule has 0 aliphatic rings. The zero-order valence-electron chi connectivity index (χ0n) is 11.7. The van der Waals surface area contributed by atoms with Crippen molar-refractivity contribution in [2.75, 3.05) is 0 Å². The normalized spacial score (nSPS) is 10.6. The predicted molar refractivity (Wildman–Crippen MR) is 81.2 cm³/mol. The zero-order chi connectivity index (χ0) is 14.2. The average Bonchev–Trinajstić information content (AvgIpc) is 2.38. The first-order chi connectivity index (χ1) is 8.95. The Labute approximate surface area is 119 Å². The van der Waals surface area contributed by atoms with Crippen molar-refractivity contribution in [3.8, 4) is 11.1 Å². The molecule has 0 saturated heterocycles. The molecule has 0 fully saturated rings. The van der Waals surface area contributed by atoms with E-state index in [0.717, 1.165) is 11.8 Å². The summed E-state index contributed by atoms with van der Waals surface area (Å²) < 4.78 is 0. The molecule has 0 aromatic heterocycles. The maximum absolute atomic E-state index is 11.0. The second kappa shape index (κ2) is 5.18. The second-order valence-corrected chi connectivity index (χ2v) is 5.40. The number of carbonyl (C=O) groups is 1. The number of rotatable bonds is 2. The van der Waals surface area contributed by atoms with Crippen molar-refractivity contribution in [1.82, 2.24) is 0 Å². The van der Waals surface area contributed by atoms with E-state index in [1.54, 1.807) is 6.07 Å². The van der Waals surface area contributed by atoms with Crippen molar-refractivity contribution >= 4 is 17.9 Å². The number of halogens is 1. The van der Waals surface area contributed by atoms with Gasteiger partial charge < -0.3 is 0 Å². The van der Waals surface area contributed by atoms with Crippen LogP contribution < -0.4 is 0 Å². The van der Waals surface area contributed by atoms with Crippen LogP contribution in [0.2, 0.25) is 5.02 Å². The summed E-state index contributed by atoms with van der Waals surface area (Å²) in [6.45, 7) is 8.46. The van der Waals surface area contributed by atoms with Gasteiger partial charge in [-0.05, 0) is 73.2 Å². The van der Waals surface area contributed by atoms with Crippen molar-refractivity contribution in [3.05, 3.63) is 57.1 Å². The highest BCUT2D eigenvalue weighted by atomic mass is 35.5. The Kier molecular flexibility index (Phi) is 3.77. The molecule has 0 N–H and O–H groups in total. The van der Waals surface area contributed by atoms with E-state index in [1.807, 2.05) is 12.1 Å². The molecule has 0 unspecified atom stereocenters. The summed E-state index contributed by atoms with van der Waals surface area (Å²) in [6.07, 6.45) is 0.805. The maximum Gasteiger partial charge on any atom is 0.151 e. The Morgan fingerprint density at radius 2 is 1.53 bits per heavy atom. The number of carbonyl (C=O) groups excluding carboxylic acids is 1. The van der Waals surface area contributed by atoms with Crippen LogP contribution >= 0.6 is 11.6 Å². The molecule has 0 spiro atoms. The molecule has 0 radical (unpaired) electrons. The SMILES string of the molecule is Cc1cc(C)c(C)c(-c2ccc(Cl)c(C=O)c2)c1C. The van der Waals surface area contributed by atoms with E-state index in [0.29, 0.717) is 10.6 Å². The van der Waals surface area contributed by atoms with Gasteiger partial charge in [0.15, 0.2) is 6.29 Å². The van der Waals surface area contributed by atoms with E-state index in [4.69, 9.17) is 11.6 Å². The summed E-state index contributed by atoms with van der Waals surface area (Å²) in [5, 5.41) is 0.499. The molecule has 19 heavy (non-hydrogen) atoms. The van der Waals surface area contributed by atoms with E-state index in [1.165, 1.54) is 27.8 Å². The summed E-state index contributed by atoms with van der Waals surface area (Å²) in [5.41, 5.74) is 7.83. The third-order valence-corrected chi connectivity index (χ3v) is 4.12. The third-order valence-electron chi connectivity index (χ3n) is 3.78. The van der Waals surface area contributed by atoms with Crippen LogP contribution in [0.5, 0.6) is 0 Å². The van der Waals surface area contributed by atoms with E-state index >= 15 is 0 Å². The standard InChI is InChI=1S/C17H17ClO/c1-10-7-11(2)13(4)17(12(10)3)14-5-6-16(18)15(8-14)9-19/h5-9H,1-4H3. The average molecular weight is 273 g/mol. The number of benzene rings is 2. The first-order valence-corrected chi connectivity index (χ1v) is 6.66. The Morgan fingerprint density at radius 1 is 0.947 bits per heavy atom. The molecule has 1 nitrogen and oxygen atoms in total. The van der Waals surface area contributed by atoms with Crippen molar-refractivity contribution in [3.63, 3.8) is 0 Å². The highest BCUT2D eigenvalue weighted by molar-refractivity contribution is 6.33. The van der Waals surface area contributed by atoms with Gasteiger partial charge in [-0.25, -0.2) is 0 Å². The van der Waals surface area contributed by atoms with Crippen LogP contribution in [0, 0.1) is 27.7 Å². The van der Waals surface area contributed by atoms with Gasteiger partial charge in [-0.1, -0.05) is 23.7 Å². The lowest BCUT2D eigenvalue weighted by molar-refractivity contribution is 0.112. The minimum atomic E-state index is 0.499. The molecule has 2 aromatic carbocycles. The summed E-state index contributed by atoms with van der Waals surface area (Å²) in [7, 11) is 0. The fourth-order valence-corrected chi connectivity index (χ4v) is 2.60. The molecule has 98 valence electrons. The lowest BCUT2D eigenvalue weighted by atomic mass is 9.89. The Balaban J connectivity index is 2.75. The highest BCUT2D eigenvalue weighted by Gasteiger charge is 2.12. The minimum absolute atomic E-state index is 0.499. The lowest BCUT2D eigenvalue weighted by Gasteiger charge is -2.16. The second-order valence-electron chi connectivity index (χ2n) is 4.99. The molecule has 2 aromatic rings. The Bertz CT molecular complexity index is 631. The number of hydrogen-bond donors (Lipinski definition) is 0. The summed E-state index contributed by atoms with van der Waals surface area (Å²) in [5.74, 6) is 0. The maximum atomic E-state index is 11.0. The smallest absolute Gasteiger partial charge is 0.151 e. The van der Waals surface area contributed by atoms with Crippen LogP contribution in [0.3, 0.4) is 0 Å². The summed E-state index contributed by atoms with van der Waals surface area (Å²) >= 11 is 5.99. The number of aryl methyl sites for hydroxylation is 2. The molecule has 0 heterocycles. The molecule has 0 amide bonds. The molecular weight excluding hydrogens is 256 g/mol. The van der Waals surface area contributed by atoms with Gasteiger partial charge in [-0.2, -0.15) is 0 Å². The fourth-order valence-electron chi connectivity index (χ4n) is 2.44. The van der Waals surface area contributed by atoms with Crippen molar-refractivity contribution < 1.29 is 4.79 Å². The Hall–Kier alpha value is -1.60. The molecule has 2 rings (SSSR count). The largest absolute Gasteiger partial charge is 0.298 e. The molecule has 0 aliphatic carbocycles. The van der Waals surface area contributed by atoms with Gasteiger partial charge >= 0.3 is 0 Å². The molecule has 0 saturated carbocycles. The molecule has 0 atom stereocenters. The van der Waals surface area contributed by atoms with Gasteiger partial charge in [0.1, 0.15) is 0 Å². The number of hydrogen-bond acceptors (Lipinski definition) is 1. The first-order valence-electron chi connectivity index (χ1n) is 6.28. The van der Waals surface area contributed by atoms with Gasteiger partial charge in [0.2, 0.25) is 0 Å². The summed E-state index contributed by atoms with van der Waals surface area (Å²) in [4.78, 5) is 11.0. The van der Waals surface area contributed by atoms with Gasteiger partial charge in [-0.15, -0.1) is 0 Å². The topological polar surface area (TPSA) is 17.1 Å². The van der Waals surface area contributed by atoms with Gasteiger partial charge in [0.05, 0.1) is 5.02 Å². The quantitative estimate of drug-likeness (QED) is 0.699. The first kappa shape index (κ1) is 13.8. The fraction of sp³-hybridized carbons (Fsp3) is 0.235. The van der Waals surface area contributed by atoms with E-state index in [9.17, 15) is 4.79 Å². The van der Waals surface area contributed by atoms with Gasteiger partial charge in [0, 0.05) is 5.56 Å². The van der Waals surface area contributed by atoms with Crippen molar-refractivity contribution in [2.24, 2.45) is 0 Å². The number of aldehydes is 1. The zero-order valence-corrected chi connectivity index (χ0v) is 12.4. The molecule has 2 heteroatoms. The molecular formula is C17H17ClO. The molecule has 0 bridgehead atoms. The van der Waals surface area contributed by atoms with E-state index in [2.05, 4.69) is 33.8 Å². The highest BCUT2D eigenvalue weighted by Crippen LogP contribution is 2.33. The monoisotopic (exact) mass is 272 g/mol. The van der Waals surface area contributed by atoms with Crippen LogP contribution in [0.4, 0.5) is 0 Å². The van der Waals surface area contributed by atoms with Gasteiger partial charge in [-0.3, -0.25) is 4.79 Å². The van der Waals surface area contributed by atoms with Crippen LogP contribution in [-0.4, -0.2) is 6.29 Å². The lowest BCUT2D eigenvalue weighted by Crippen LogP contribution is -1.96. The van der Waals surface area contributed by atoms with Crippen LogP contribution in [0.25, 0.3) is 11.1 Å². The van der Waals surface area contributed by atoms with Crippen molar-refractivity contribution in [2.45, 2.75) is 27.7 Å². The summed E-state index contributed by atoms with van der Waals surface area (Å²) in [6, 6.07) is 7.83. The van der Waals surface area contributed by atoms with Crippen molar-refractivity contribution in [1.29, 1.82) is 0 Å². The third kappa shape index (κ3) is 2.43. The molecule has 0 aliphatic heterocycles. The predicted octanol–water partition coefficient (Wildman–Crippen LogP) is 5.05. The minimum Gasteiger partial charge on any atom is -0.298 e. The van der Waals surface area contributed by atoms with Crippen LogP contribution in [-0.2, 0) is 0 Å².